The summed E-state index contributed by atoms with van der Waals surface area (Å²) in [4.78, 5) is 34.0. The van der Waals surface area contributed by atoms with Gasteiger partial charge in [-0.1, -0.05) is 12.0 Å². The highest BCUT2D eigenvalue weighted by Crippen LogP contribution is 2.22. The van der Waals surface area contributed by atoms with E-state index < -0.39 is 12.0 Å². The number of carboxylic acids is 1. The van der Waals surface area contributed by atoms with Crippen LogP contribution >= 0.6 is 11.8 Å². The van der Waals surface area contributed by atoms with Gasteiger partial charge in [-0.15, -0.1) is 18.3 Å². The number of unbranched alkanes of at least 4 members (excludes halogenated alkanes) is 2. The summed E-state index contributed by atoms with van der Waals surface area (Å²) >= 11 is 1.30. The average Bonchev–Trinajstić information content (AvgIpc) is 2.61. The Hall–Kier alpha value is -1.22. The van der Waals surface area contributed by atoms with E-state index in [1.54, 1.807) is 0 Å². The Labute approximate surface area is 172 Å². The van der Waals surface area contributed by atoms with Gasteiger partial charge in [-0.25, -0.2) is 0 Å². The standard InChI is InChI=1S/C20H35NO6S/c1-15(2)13-19(28-14-17(21)20(24)25)18(23)7-5-4-6-9-26-11-12-27-10-8-16(3)22/h17,19H,1,4-14,21H2,2-3H3,(H,24,25). The van der Waals surface area contributed by atoms with Crippen molar-refractivity contribution in [2.45, 2.75) is 63.7 Å². The minimum atomic E-state index is -1.06. The molecule has 162 valence electrons. The second-order valence-electron chi connectivity index (χ2n) is 6.88. The Morgan fingerprint density at radius 2 is 1.64 bits per heavy atom. The first-order chi connectivity index (χ1) is 13.2. The molecule has 0 rings (SSSR count). The minimum absolute atomic E-state index is 0.115. The molecule has 2 unspecified atom stereocenters. The van der Waals surface area contributed by atoms with Crippen molar-refractivity contribution in [2.24, 2.45) is 5.73 Å². The van der Waals surface area contributed by atoms with Crippen molar-refractivity contribution in [3.8, 4) is 0 Å². The van der Waals surface area contributed by atoms with Gasteiger partial charge in [0.05, 0.1) is 25.1 Å². The average molecular weight is 418 g/mol. The van der Waals surface area contributed by atoms with Crippen molar-refractivity contribution >= 4 is 29.3 Å². The monoisotopic (exact) mass is 417 g/mol. The lowest BCUT2D eigenvalue weighted by Gasteiger charge is -2.17. The summed E-state index contributed by atoms with van der Waals surface area (Å²) in [6.45, 7) is 9.26. The normalized spacial score (nSPS) is 13.1. The molecule has 7 nitrogen and oxygen atoms in total. The molecule has 0 heterocycles. The summed E-state index contributed by atoms with van der Waals surface area (Å²) in [6, 6.07) is -0.964. The van der Waals surface area contributed by atoms with Crippen LogP contribution in [0.15, 0.2) is 12.2 Å². The van der Waals surface area contributed by atoms with E-state index in [1.807, 2.05) is 6.92 Å². The number of ketones is 2. The molecule has 0 spiro atoms. The fourth-order valence-electron chi connectivity index (χ4n) is 2.25. The summed E-state index contributed by atoms with van der Waals surface area (Å²) in [5.41, 5.74) is 6.42. The molecule has 2 atom stereocenters. The lowest BCUT2D eigenvalue weighted by atomic mass is 10.0. The number of Topliss-reactive ketones (excluding diaryl/α,β-unsaturated/α-hetero) is 2. The van der Waals surface area contributed by atoms with Gasteiger partial charge in [0.25, 0.3) is 0 Å². The van der Waals surface area contributed by atoms with Crippen LogP contribution in [0.3, 0.4) is 0 Å². The van der Waals surface area contributed by atoms with Crippen LogP contribution in [0, 0.1) is 0 Å². The second kappa shape index (κ2) is 16.7. The highest BCUT2D eigenvalue weighted by molar-refractivity contribution is 8.00. The lowest BCUT2D eigenvalue weighted by Crippen LogP contribution is -2.34. The van der Waals surface area contributed by atoms with Crippen LogP contribution in [0.25, 0.3) is 0 Å². The number of rotatable bonds is 19. The van der Waals surface area contributed by atoms with Gasteiger partial charge < -0.3 is 20.3 Å². The van der Waals surface area contributed by atoms with Crippen molar-refractivity contribution in [1.82, 2.24) is 0 Å². The molecule has 28 heavy (non-hydrogen) atoms. The minimum Gasteiger partial charge on any atom is -0.480 e. The van der Waals surface area contributed by atoms with E-state index in [2.05, 4.69) is 6.58 Å². The van der Waals surface area contributed by atoms with Gasteiger partial charge in [-0.05, 0) is 33.1 Å². The zero-order valence-corrected chi connectivity index (χ0v) is 17.9. The van der Waals surface area contributed by atoms with Crippen molar-refractivity contribution in [3.05, 3.63) is 12.2 Å². The zero-order valence-electron chi connectivity index (χ0n) is 17.1. The lowest BCUT2D eigenvalue weighted by molar-refractivity contribution is -0.138. The van der Waals surface area contributed by atoms with Gasteiger partial charge in [0, 0.05) is 25.2 Å². The van der Waals surface area contributed by atoms with Crippen molar-refractivity contribution in [3.63, 3.8) is 0 Å². The molecule has 0 fully saturated rings. The van der Waals surface area contributed by atoms with E-state index in [1.165, 1.54) is 18.7 Å². The molecule has 0 aromatic heterocycles. The number of ether oxygens (including phenoxy) is 2. The first-order valence-electron chi connectivity index (χ1n) is 9.66. The van der Waals surface area contributed by atoms with Crippen LogP contribution in [0.4, 0.5) is 0 Å². The highest BCUT2D eigenvalue weighted by Gasteiger charge is 2.21. The molecule has 0 radical (unpaired) electrons. The molecule has 0 aliphatic rings. The number of hydrogen-bond acceptors (Lipinski definition) is 7. The maximum atomic E-state index is 12.4. The molecular formula is C20H35NO6S. The first-order valence-corrected chi connectivity index (χ1v) is 10.7. The smallest absolute Gasteiger partial charge is 0.321 e. The number of allylic oxidation sites excluding steroid dienone is 1. The first kappa shape index (κ1) is 26.8. The molecule has 0 aliphatic carbocycles. The van der Waals surface area contributed by atoms with Gasteiger partial charge in [0.1, 0.15) is 17.6 Å². The Kier molecular flexibility index (Phi) is 16.0. The van der Waals surface area contributed by atoms with Crippen LogP contribution < -0.4 is 5.73 Å². The largest absolute Gasteiger partial charge is 0.480 e. The number of carbonyl (C=O) groups is 3. The fourth-order valence-corrected chi connectivity index (χ4v) is 3.54. The van der Waals surface area contributed by atoms with Gasteiger partial charge in [-0.3, -0.25) is 14.4 Å². The van der Waals surface area contributed by atoms with E-state index >= 15 is 0 Å². The van der Waals surface area contributed by atoms with Gasteiger partial charge >= 0.3 is 5.97 Å². The number of carboxylic acid groups (broad SMARTS) is 1. The van der Waals surface area contributed by atoms with Gasteiger partial charge in [0.2, 0.25) is 0 Å². The summed E-state index contributed by atoms with van der Waals surface area (Å²) < 4.78 is 10.7. The molecule has 0 aliphatic heterocycles. The number of hydrogen-bond donors (Lipinski definition) is 2. The Bertz CT molecular complexity index is 497. The van der Waals surface area contributed by atoms with Crippen molar-refractivity contribution < 1.29 is 29.0 Å². The third-order valence-electron chi connectivity index (χ3n) is 3.87. The Morgan fingerprint density at radius 1 is 1.00 bits per heavy atom. The third-order valence-corrected chi connectivity index (χ3v) is 5.25. The van der Waals surface area contributed by atoms with Crippen LogP contribution in [0.5, 0.6) is 0 Å². The summed E-state index contributed by atoms with van der Waals surface area (Å²) in [7, 11) is 0. The highest BCUT2D eigenvalue weighted by atomic mass is 32.2. The van der Waals surface area contributed by atoms with Gasteiger partial charge in [-0.2, -0.15) is 0 Å². The molecular weight excluding hydrogens is 382 g/mol. The summed E-state index contributed by atoms with van der Waals surface area (Å²) in [6.07, 6.45) is 3.96. The molecule has 8 heteroatoms. The van der Waals surface area contributed by atoms with Crippen LogP contribution in [-0.2, 0) is 23.9 Å². The number of thioether (sulfide) groups is 1. The van der Waals surface area contributed by atoms with E-state index in [4.69, 9.17) is 20.3 Å². The Balaban J connectivity index is 3.85. The fraction of sp³-hybridized carbons (Fsp3) is 0.750. The van der Waals surface area contributed by atoms with E-state index in [9.17, 15) is 14.4 Å². The van der Waals surface area contributed by atoms with E-state index in [-0.39, 0.29) is 22.6 Å². The molecule has 0 amide bonds. The predicted octanol–water partition coefficient (Wildman–Crippen LogP) is 2.61. The number of carbonyl (C=O) groups excluding carboxylic acids is 2. The number of aliphatic carboxylic acids is 1. The molecule has 3 N–H and O–H groups in total. The summed E-state index contributed by atoms with van der Waals surface area (Å²) in [5.74, 6) is -0.616. The zero-order chi connectivity index (χ0) is 21.4. The number of nitrogens with two attached hydrogens (primary N) is 1. The summed E-state index contributed by atoms with van der Waals surface area (Å²) in [5, 5.41) is 8.58. The maximum Gasteiger partial charge on any atom is 0.321 e. The second-order valence-corrected chi connectivity index (χ2v) is 8.12. The topological polar surface area (TPSA) is 116 Å². The molecule has 0 saturated heterocycles. The van der Waals surface area contributed by atoms with Crippen LogP contribution in [0.2, 0.25) is 0 Å². The van der Waals surface area contributed by atoms with E-state index in [0.717, 1.165) is 24.8 Å². The van der Waals surface area contributed by atoms with Crippen molar-refractivity contribution in [2.75, 3.05) is 32.2 Å². The molecule has 0 aromatic rings. The molecule has 0 aromatic carbocycles. The third kappa shape index (κ3) is 15.8. The Morgan fingerprint density at radius 3 is 2.21 bits per heavy atom. The maximum absolute atomic E-state index is 12.4. The quantitative estimate of drug-likeness (QED) is 0.243. The van der Waals surface area contributed by atoms with E-state index in [0.29, 0.717) is 45.7 Å². The molecule has 0 saturated carbocycles. The van der Waals surface area contributed by atoms with Crippen LogP contribution in [0.1, 0.15) is 52.4 Å². The van der Waals surface area contributed by atoms with Crippen molar-refractivity contribution in [1.29, 1.82) is 0 Å². The SMILES string of the molecule is C=C(C)CC(SCC(N)C(=O)O)C(=O)CCCCCOCCOCCC(C)=O. The molecule has 0 bridgehead atoms. The van der Waals surface area contributed by atoms with Gasteiger partial charge in [0.15, 0.2) is 0 Å². The predicted molar refractivity (Wildman–Crippen MR) is 112 cm³/mol. The van der Waals surface area contributed by atoms with Crippen LogP contribution in [-0.4, -0.2) is 66.1 Å².